The summed E-state index contributed by atoms with van der Waals surface area (Å²) in [5, 5.41) is 11.4. The van der Waals surface area contributed by atoms with Crippen LogP contribution in [0.2, 0.25) is 0 Å². The van der Waals surface area contributed by atoms with E-state index in [0.717, 1.165) is 0 Å². The van der Waals surface area contributed by atoms with Gasteiger partial charge in [-0.2, -0.15) is 0 Å². The largest absolute Gasteiger partial charge is 0.409 e. The first-order valence-electron chi connectivity index (χ1n) is 6.23. The average molecular weight is 279 g/mol. The highest BCUT2D eigenvalue weighted by Gasteiger charge is 2.15. The van der Waals surface area contributed by atoms with Crippen LogP contribution >= 0.6 is 0 Å². The van der Waals surface area contributed by atoms with Gasteiger partial charge in [0.15, 0.2) is 9.84 Å². The molecule has 3 N–H and O–H groups in total. The molecule has 0 aliphatic heterocycles. The molecule has 0 atom stereocenters. The number of hydrogen-bond acceptors (Lipinski definition) is 5. The monoisotopic (exact) mass is 279 g/mol. The first-order valence-corrected chi connectivity index (χ1v) is 8.05. The molecule has 0 bridgehead atoms. The molecule has 0 spiro atoms. The van der Waals surface area contributed by atoms with Crippen LogP contribution in [-0.4, -0.2) is 55.0 Å². The van der Waals surface area contributed by atoms with E-state index in [1.807, 2.05) is 25.7 Å². The number of nitrogens with zero attached hydrogens (tertiary/aromatic N) is 2. The van der Waals surface area contributed by atoms with E-state index >= 15 is 0 Å². The quantitative estimate of drug-likeness (QED) is 0.280. The SMILES string of the molecule is CCCS(=O)(=O)CCN(CCC(N)=NO)C(C)C. The van der Waals surface area contributed by atoms with Crippen LogP contribution in [0.4, 0.5) is 0 Å². The van der Waals surface area contributed by atoms with Gasteiger partial charge in [-0.05, 0) is 20.3 Å². The van der Waals surface area contributed by atoms with Gasteiger partial charge >= 0.3 is 0 Å². The van der Waals surface area contributed by atoms with Gasteiger partial charge in [-0.25, -0.2) is 8.42 Å². The van der Waals surface area contributed by atoms with Crippen LogP contribution in [0.15, 0.2) is 5.16 Å². The minimum Gasteiger partial charge on any atom is -0.409 e. The molecule has 0 rings (SSSR count). The molecule has 0 heterocycles. The maximum absolute atomic E-state index is 11.6. The van der Waals surface area contributed by atoms with Crippen molar-refractivity contribution in [1.82, 2.24) is 4.90 Å². The van der Waals surface area contributed by atoms with E-state index in [2.05, 4.69) is 5.16 Å². The molecule has 0 aliphatic rings. The molecule has 108 valence electrons. The number of amidine groups is 1. The van der Waals surface area contributed by atoms with E-state index in [1.165, 1.54) is 0 Å². The number of nitrogens with two attached hydrogens (primary N) is 1. The smallest absolute Gasteiger partial charge is 0.151 e. The first kappa shape index (κ1) is 17.2. The molecule has 0 aromatic carbocycles. The van der Waals surface area contributed by atoms with Crippen molar-refractivity contribution in [3.05, 3.63) is 0 Å². The third kappa shape index (κ3) is 7.50. The second kappa shape index (κ2) is 8.31. The van der Waals surface area contributed by atoms with Crippen LogP contribution in [0.3, 0.4) is 0 Å². The molecular formula is C11H25N3O3S. The fourth-order valence-corrected chi connectivity index (χ4v) is 2.94. The molecule has 6 nitrogen and oxygen atoms in total. The molecular weight excluding hydrogens is 254 g/mol. The van der Waals surface area contributed by atoms with E-state index in [1.54, 1.807) is 0 Å². The van der Waals surface area contributed by atoms with Crippen molar-refractivity contribution in [2.24, 2.45) is 10.9 Å². The first-order chi connectivity index (χ1) is 8.32. The maximum Gasteiger partial charge on any atom is 0.151 e. The van der Waals surface area contributed by atoms with Crippen LogP contribution in [-0.2, 0) is 9.84 Å². The highest BCUT2D eigenvalue weighted by atomic mass is 32.2. The normalized spacial score (nSPS) is 13.5. The van der Waals surface area contributed by atoms with E-state index < -0.39 is 9.84 Å². The minimum atomic E-state index is -2.96. The second-order valence-electron chi connectivity index (χ2n) is 4.62. The Kier molecular flexibility index (Phi) is 7.93. The van der Waals surface area contributed by atoms with Crippen LogP contribution in [0.5, 0.6) is 0 Å². The average Bonchev–Trinajstić information content (AvgIpc) is 2.27. The predicted molar refractivity (Wildman–Crippen MR) is 73.7 cm³/mol. The third-order valence-electron chi connectivity index (χ3n) is 2.72. The maximum atomic E-state index is 11.6. The van der Waals surface area contributed by atoms with Crippen molar-refractivity contribution in [1.29, 1.82) is 0 Å². The number of oxime groups is 1. The fraction of sp³-hybridized carbons (Fsp3) is 0.909. The van der Waals surface area contributed by atoms with Gasteiger partial charge in [-0.1, -0.05) is 12.1 Å². The number of sulfone groups is 1. The molecule has 7 heteroatoms. The van der Waals surface area contributed by atoms with E-state index in [9.17, 15) is 8.42 Å². The third-order valence-corrected chi connectivity index (χ3v) is 4.55. The van der Waals surface area contributed by atoms with Crippen LogP contribution in [0, 0.1) is 0 Å². The van der Waals surface area contributed by atoms with Gasteiger partial charge in [0.25, 0.3) is 0 Å². The van der Waals surface area contributed by atoms with Crippen molar-refractivity contribution >= 4 is 15.7 Å². The Balaban J connectivity index is 4.29. The zero-order valence-electron chi connectivity index (χ0n) is 11.5. The second-order valence-corrected chi connectivity index (χ2v) is 6.93. The summed E-state index contributed by atoms with van der Waals surface area (Å²) < 4.78 is 23.3. The Morgan fingerprint density at radius 3 is 2.39 bits per heavy atom. The number of hydrogen-bond donors (Lipinski definition) is 2. The molecule has 0 aromatic rings. The summed E-state index contributed by atoms with van der Waals surface area (Å²) in [5.41, 5.74) is 5.41. The number of rotatable bonds is 9. The van der Waals surface area contributed by atoms with Crippen LogP contribution in [0.1, 0.15) is 33.6 Å². The molecule has 0 saturated carbocycles. The van der Waals surface area contributed by atoms with E-state index in [4.69, 9.17) is 10.9 Å². The molecule has 0 unspecified atom stereocenters. The molecule has 0 fully saturated rings. The van der Waals surface area contributed by atoms with Gasteiger partial charge in [0.05, 0.1) is 5.75 Å². The van der Waals surface area contributed by atoms with Crippen LogP contribution < -0.4 is 5.73 Å². The highest BCUT2D eigenvalue weighted by Crippen LogP contribution is 2.02. The summed E-state index contributed by atoms with van der Waals surface area (Å²) in [6.45, 7) is 6.93. The Morgan fingerprint density at radius 2 is 1.94 bits per heavy atom. The van der Waals surface area contributed by atoms with Gasteiger partial charge in [-0.15, -0.1) is 0 Å². The van der Waals surface area contributed by atoms with Crippen LogP contribution in [0.25, 0.3) is 0 Å². The molecule has 0 amide bonds. The molecule has 0 aromatic heterocycles. The Bertz CT molecular complexity index is 353. The minimum absolute atomic E-state index is 0.162. The summed E-state index contributed by atoms with van der Waals surface area (Å²) in [7, 11) is -2.96. The van der Waals surface area contributed by atoms with Crippen molar-refractivity contribution in [2.45, 2.75) is 39.7 Å². The predicted octanol–water partition coefficient (Wildman–Crippen LogP) is 0.658. The topological polar surface area (TPSA) is 96.0 Å². The zero-order chi connectivity index (χ0) is 14.2. The van der Waals surface area contributed by atoms with E-state index in [-0.39, 0.29) is 23.4 Å². The van der Waals surface area contributed by atoms with Gasteiger partial charge in [0.1, 0.15) is 5.84 Å². The van der Waals surface area contributed by atoms with Crippen molar-refractivity contribution in [3.63, 3.8) is 0 Å². The summed E-state index contributed by atoms with van der Waals surface area (Å²) >= 11 is 0. The Labute approximate surface area is 110 Å². The highest BCUT2D eigenvalue weighted by molar-refractivity contribution is 7.91. The lowest BCUT2D eigenvalue weighted by atomic mass is 10.3. The summed E-state index contributed by atoms with van der Waals surface area (Å²) in [5.74, 6) is 0.561. The van der Waals surface area contributed by atoms with Crippen molar-refractivity contribution in [3.8, 4) is 0 Å². The van der Waals surface area contributed by atoms with Crippen molar-refractivity contribution < 1.29 is 13.6 Å². The lowest BCUT2D eigenvalue weighted by Gasteiger charge is -2.26. The van der Waals surface area contributed by atoms with Gasteiger partial charge < -0.3 is 10.9 Å². The standard InChI is InChI=1S/C11H25N3O3S/c1-4-8-18(16,17)9-7-14(10(2)3)6-5-11(12)13-15/h10,15H,4-9H2,1-3H3,(H2,12,13). The Morgan fingerprint density at radius 1 is 1.33 bits per heavy atom. The lowest BCUT2D eigenvalue weighted by molar-refractivity contribution is 0.239. The van der Waals surface area contributed by atoms with Gasteiger partial charge in [-0.3, -0.25) is 4.90 Å². The fourth-order valence-electron chi connectivity index (χ4n) is 1.61. The lowest BCUT2D eigenvalue weighted by Crippen LogP contribution is -2.37. The molecule has 0 saturated heterocycles. The summed E-state index contributed by atoms with van der Waals surface area (Å²) in [6, 6.07) is 0.230. The molecule has 0 radical (unpaired) electrons. The molecule has 0 aliphatic carbocycles. The van der Waals surface area contributed by atoms with E-state index in [0.29, 0.717) is 25.9 Å². The van der Waals surface area contributed by atoms with Gasteiger partial charge in [0, 0.05) is 31.3 Å². The molecule has 18 heavy (non-hydrogen) atoms. The van der Waals surface area contributed by atoms with Gasteiger partial charge in [0.2, 0.25) is 0 Å². The summed E-state index contributed by atoms with van der Waals surface area (Å²) in [4.78, 5) is 2.02. The zero-order valence-corrected chi connectivity index (χ0v) is 12.3. The Hall–Kier alpha value is -0.820. The van der Waals surface area contributed by atoms with Crippen molar-refractivity contribution in [2.75, 3.05) is 24.6 Å². The summed E-state index contributed by atoms with van der Waals surface area (Å²) in [6.07, 6.45) is 1.08.